The maximum Gasteiger partial charge on any atom is 0.352 e. The highest BCUT2D eigenvalue weighted by Crippen LogP contribution is 2.28. The molecular formula is C12H18O5. The summed E-state index contributed by atoms with van der Waals surface area (Å²) in [6.07, 6.45) is 0. The molecule has 0 unspecified atom stereocenters. The fourth-order valence-electron chi connectivity index (χ4n) is 1.41. The lowest BCUT2D eigenvalue weighted by Crippen LogP contribution is -2.42. The number of ether oxygens (including phenoxy) is 2. The van der Waals surface area contributed by atoms with E-state index in [2.05, 4.69) is 0 Å². The molecule has 0 aliphatic carbocycles. The molecule has 1 aliphatic rings. The van der Waals surface area contributed by atoms with Crippen LogP contribution in [0.3, 0.4) is 0 Å². The lowest BCUT2D eigenvalue weighted by Gasteiger charge is -2.30. The third-order valence-electron chi connectivity index (χ3n) is 2.77. The van der Waals surface area contributed by atoms with Crippen molar-refractivity contribution >= 4 is 11.9 Å². The van der Waals surface area contributed by atoms with Crippen LogP contribution in [0.1, 0.15) is 34.6 Å². The molecule has 0 bridgehead atoms. The Morgan fingerprint density at radius 2 is 1.53 bits per heavy atom. The van der Waals surface area contributed by atoms with Crippen LogP contribution in [-0.2, 0) is 19.1 Å². The first-order chi connectivity index (χ1) is 7.65. The summed E-state index contributed by atoms with van der Waals surface area (Å²) in [5.74, 6) is -3.44. The highest BCUT2D eigenvalue weighted by atomic mass is 16.7. The monoisotopic (exact) mass is 242 g/mol. The fraction of sp³-hybridized carbons (Fsp3) is 0.667. The molecule has 0 radical (unpaired) electrons. The molecule has 0 aromatic carbocycles. The van der Waals surface area contributed by atoms with Crippen LogP contribution < -0.4 is 0 Å². The van der Waals surface area contributed by atoms with E-state index in [1.807, 2.05) is 13.8 Å². The smallest absolute Gasteiger partial charge is 0.352 e. The summed E-state index contributed by atoms with van der Waals surface area (Å²) in [5.41, 5.74) is -0.398. The van der Waals surface area contributed by atoms with Crippen LogP contribution in [-0.4, -0.2) is 22.8 Å². The Balaban J connectivity index is 3.10. The predicted octanol–water partition coefficient (Wildman–Crippen LogP) is 1.93. The highest BCUT2D eigenvalue weighted by molar-refractivity contribution is 6.15. The van der Waals surface area contributed by atoms with E-state index in [1.165, 1.54) is 13.8 Å². The van der Waals surface area contributed by atoms with Crippen LogP contribution in [0.2, 0.25) is 0 Å². The van der Waals surface area contributed by atoms with Gasteiger partial charge in [-0.2, -0.15) is 0 Å². The molecule has 1 N–H and O–H groups in total. The van der Waals surface area contributed by atoms with E-state index in [9.17, 15) is 14.7 Å². The zero-order valence-corrected chi connectivity index (χ0v) is 10.7. The Kier molecular flexibility index (Phi) is 3.50. The average Bonchev–Trinajstić information content (AvgIpc) is 2.12. The Bertz CT molecular complexity index is 356. The average molecular weight is 242 g/mol. The normalized spacial score (nSPS) is 20.9. The van der Waals surface area contributed by atoms with Gasteiger partial charge in [-0.05, 0) is 5.92 Å². The van der Waals surface area contributed by atoms with Crippen molar-refractivity contribution in [2.24, 2.45) is 11.8 Å². The number of carbonyl (C=O) groups is 2. The van der Waals surface area contributed by atoms with Gasteiger partial charge in [-0.25, -0.2) is 9.59 Å². The van der Waals surface area contributed by atoms with E-state index < -0.39 is 23.3 Å². The third kappa shape index (κ3) is 2.78. The van der Waals surface area contributed by atoms with E-state index in [1.54, 1.807) is 6.92 Å². The van der Waals surface area contributed by atoms with Crippen molar-refractivity contribution in [3.05, 3.63) is 11.3 Å². The maximum absolute atomic E-state index is 11.6. The van der Waals surface area contributed by atoms with E-state index in [-0.39, 0.29) is 17.6 Å². The number of aliphatic hydroxyl groups excluding tert-OH is 1. The lowest BCUT2D eigenvalue weighted by atomic mass is 9.93. The van der Waals surface area contributed by atoms with Gasteiger partial charge < -0.3 is 14.6 Å². The van der Waals surface area contributed by atoms with Crippen LogP contribution in [0.25, 0.3) is 0 Å². The number of rotatable bonds is 2. The van der Waals surface area contributed by atoms with Gasteiger partial charge in [-0.1, -0.05) is 20.8 Å². The molecule has 1 saturated heterocycles. The molecule has 5 nitrogen and oxygen atoms in total. The van der Waals surface area contributed by atoms with E-state index >= 15 is 0 Å². The minimum atomic E-state index is -1.28. The number of cyclic esters (lactones) is 2. The van der Waals surface area contributed by atoms with Crippen LogP contribution in [0.15, 0.2) is 11.3 Å². The lowest BCUT2D eigenvalue weighted by molar-refractivity contribution is -0.222. The van der Waals surface area contributed by atoms with E-state index in [0.29, 0.717) is 0 Å². The Morgan fingerprint density at radius 3 is 1.88 bits per heavy atom. The van der Waals surface area contributed by atoms with Gasteiger partial charge in [0.05, 0.1) is 0 Å². The van der Waals surface area contributed by atoms with Gasteiger partial charge >= 0.3 is 11.9 Å². The number of carbonyl (C=O) groups excluding carboxylic acids is 2. The largest absolute Gasteiger partial charge is 0.511 e. The van der Waals surface area contributed by atoms with Crippen molar-refractivity contribution in [3.8, 4) is 0 Å². The second kappa shape index (κ2) is 4.39. The molecule has 17 heavy (non-hydrogen) atoms. The van der Waals surface area contributed by atoms with Gasteiger partial charge in [0.2, 0.25) is 0 Å². The number of aliphatic hydroxyl groups is 1. The summed E-state index contributed by atoms with van der Waals surface area (Å²) in [4.78, 5) is 23.3. The molecule has 1 atom stereocenters. The molecule has 1 aliphatic heterocycles. The number of allylic oxidation sites excluding steroid dienone is 1. The Morgan fingerprint density at radius 1 is 1.12 bits per heavy atom. The molecule has 0 amide bonds. The van der Waals surface area contributed by atoms with Gasteiger partial charge in [0.25, 0.3) is 5.79 Å². The SMILES string of the molecule is CC(C)[C@H](C)C(O)=C1C(=O)OC(C)(C)OC1=O. The van der Waals surface area contributed by atoms with Gasteiger partial charge in [-0.15, -0.1) is 0 Å². The van der Waals surface area contributed by atoms with Gasteiger partial charge in [0.15, 0.2) is 5.57 Å². The Hall–Kier alpha value is -1.52. The standard InChI is InChI=1S/C12H18O5/c1-6(2)7(3)9(13)8-10(14)16-12(4,5)17-11(8)15/h6-7,13H,1-5H3/t7-/m0/s1. The van der Waals surface area contributed by atoms with Crippen molar-refractivity contribution < 1.29 is 24.2 Å². The topological polar surface area (TPSA) is 72.8 Å². The van der Waals surface area contributed by atoms with Gasteiger partial charge in [-0.3, -0.25) is 0 Å². The van der Waals surface area contributed by atoms with Gasteiger partial charge in [0.1, 0.15) is 5.76 Å². The van der Waals surface area contributed by atoms with Crippen LogP contribution in [0.5, 0.6) is 0 Å². The first-order valence-electron chi connectivity index (χ1n) is 5.55. The van der Waals surface area contributed by atoms with Gasteiger partial charge in [0, 0.05) is 19.8 Å². The minimum Gasteiger partial charge on any atom is -0.511 e. The second-order valence-electron chi connectivity index (χ2n) is 4.97. The Labute approximate surface area is 100 Å². The van der Waals surface area contributed by atoms with Crippen LogP contribution in [0, 0.1) is 11.8 Å². The van der Waals surface area contributed by atoms with E-state index in [0.717, 1.165) is 0 Å². The molecule has 0 aromatic rings. The molecule has 1 rings (SSSR count). The summed E-state index contributed by atoms with van der Waals surface area (Å²) in [5, 5.41) is 9.90. The maximum atomic E-state index is 11.6. The van der Waals surface area contributed by atoms with Crippen molar-refractivity contribution in [1.29, 1.82) is 0 Å². The summed E-state index contributed by atoms with van der Waals surface area (Å²) >= 11 is 0. The quantitative estimate of drug-likeness (QED) is 0.346. The highest BCUT2D eigenvalue weighted by Gasteiger charge is 2.42. The minimum absolute atomic E-state index is 0.0954. The van der Waals surface area contributed by atoms with Crippen molar-refractivity contribution in [2.75, 3.05) is 0 Å². The number of hydrogen-bond donors (Lipinski definition) is 1. The molecular weight excluding hydrogens is 224 g/mol. The zero-order chi connectivity index (χ0) is 13.4. The molecule has 1 fully saturated rings. The summed E-state index contributed by atoms with van der Waals surface area (Å²) in [6, 6.07) is 0. The molecule has 96 valence electrons. The molecule has 0 saturated carbocycles. The van der Waals surface area contributed by atoms with Crippen molar-refractivity contribution in [3.63, 3.8) is 0 Å². The van der Waals surface area contributed by atoms with E-state index in [4.69, 9.17) is 9.47 Å². The summed E-state index contributed by atoms with van der Waals surface area (Å²) < 4.78 is 9.82. The fourth-order valence-corrected chi connectivity index (χ4v) is 1.41. The first-order valence-corrected chi connectivity index (χ1v) is 5.55. The molecule has 0 aromatic heterocycles. The summed E-state index contributed by atoms with van der Waals surface area (Å²) in [7, 11) is 0. The van der Waals surface area contributed by atoms with Crippen LogP contribution in [0.4, 0.5) is 0 Å². The molecule has 1 heterocycles. The predicted molar refractivity (Wildman–Crippen MR) is 59.9 cm³/mol. The van der Waals surface area contributed by atoms with Crippen LogP contribution >= 0.6 is 0 Å². The van der Waals surface area contributed by atoms with Crippen molar-refractivity contribution in [1.82, 2.24) is 0 Å². The van der Waals surface area contributed by atoms with Crippen molar-refractivity contribution in [2.45, 2.75) is 40.4 Å². The second-order valence-corrected chi connectivity index (χ2v) is 4.97. The number of hydrogen-bond acceptors (Lipinski definition) is 5. The molecule has 5 heteroatoms. The molecule has 0 spiro atoms. The third-order valence-corrected chi connectivity index (χ3v) is 2.77. The first kappa shape index (κ1) is 13.5. The number of esters is 2. The summed E-state index contributed by atoms with van der Waals surface area (Å²) in [6.45, 7) is 8.41. The zero-order valence-electron chi connectivity index (χ0n) is 10.7.